The van der Waals surface area contributed by atoms with Gasteiger partial charge in [-0.1, -0.05) is 24.3 Å². The predicted molar refractivity (Wildman–Crippen MR) is 74.4 cm³/mol. The largest absolute Gasteiger partial charge is 0.495 e. The van der Waals surface area contributed by atoms with Gasteiger partial charge in [0, 0.05) is 5.69 Å². The number of nitrogens with zero attached hydrogens (tertiary/aromatic N) is 1. The molecule has 0 atom stereocenters. The first-order chi connectivity index (χ1) is 9.22. The third kappa shape index (κ3) is 1.73. The highest BCUT2D eigenvalue weighted by Gasteiger charge is 2.31. The summed E-state index contributed by atoms with van der Waals surface area (Å²) in [5.74, 6) is 0.611. The van der Waals surface area contributed by atoms with Gasteiger partial charge in [-0.3, -0.25) is 4.79 Å². The zero-order valence-corrected chi connectivity index (χ0v) is 10.6. The number of carbonyl (C=O) groups excluding carboxylic acids is 1. The van der Waals surface area contributed by atoms with E-state index in [9.17, 15) is 4.79 Å². The molecule has 1 aliphatic rings. The maximum atomic E-state index is 12.5. The first-order valence-electron chi connectivity index (χ1n) is 6.04. The lowest BCUT2D eigenvalue weighted by atomic mass is 10.1. The van der Waals surface area contributed by atoms with Crippen molar-refractivity contribution in [2.24, 2.45) is 0 Å². The second-order valence-electron chi connectivity index (χ2n) is 4.44. The molecule has 2 aromatic rings. The van der Waals surface area contributed by atoms with Crippen LogP contribution in [0, 0.1) is 0 Å². The Bertz CT molecular complexity index is 652. The zero-order chi connectivity index (χ0) is 13.4. The van der Waals surface area contributed by atoms with Crippen LogP contribution in [0.25, 0.3) is 0 Å². The van der Waals surface area contributed by atoms with Crippen molar-refractivity contribution >= 4 is 17.3 Å². The molecule has 19 heavy (non-hydrogen) atoms. The maximum absolute atomic E-state index is 12.5. The number of rotatable bonds is 2. The van der Waals surface area contributed by atoms with E-state index in [0.717, 1.165) is 11.3 Å². The molecule has 1 amide bonds. The number of anilines is 2. The number of methoxy groups -OCH3 is 1. The third-order valence-corrected chi connectivity index (χ3v) is 3.35. The maximum Gasteiger partial charge on any atom is 0.261 e. The predicted octanol–water partition coefficient (Wildman–Crippen LogP) is 2.44. The van der Waals surface area contributed by atoms with Crippen molar-refractivity contribution in [3.05, 3.63) is 53.6 Å². The lowest BCUT2D eigenvalue weighted by Gasteiger charge is -2.18. The highest BCUT2D eigenvalue weighted by atomic mass is 16.5. The van der Waals surface area contributed by atoms with E-state index < -0.39 is 0 Å². The second kappa shape index (κ2) is 4.31. The van der Waals surface area contributed by atoms with Crippen molar-refractivity contribution in [2.45, 2.75) is 6.54 Å². The Kier molecular flexibility index (Phi) is 2.63. The normalized spacial score (nSPS) is 13.5. The molecule has 2 N–H and O–H groups in total. The van der Waals surface area contributed by atoms with E-state index in [-0.39, 0.29) is 5.91 Å². The number of hydrogen-bond acceptors (Lipinski definition) is 3. The van der Waals surface area contributed by atoms with Crippen molar-refractivity contribution in [3.63, 3.8) is 0 Å². The molecule has 0 spiro atoms. The van der Waals surface area contributed by atoms with E-state index in [4.69, 9.17) is 10.5 Å². The molecule has 2 aromatic carbocycles. The summed E-state index contributed by atoms with van der Waals surface area (Å²) < 4.78 is 5.31. The molecule has 3 rings (SSSR count). The molecular weight excluding hydrogens is 240 g/mol. The van der Waals surface area contributed by atoms with Crippen molar-refractivity contribution in [1.29, 1.82) is 0 Å². The smallest absolute Gasteiger partial charge is 0.261 e. The third-order valence-electron chi connectivity index (χ3n) is 3.35. The zero-order valence-electron chi connectivity index (χ0n) is 10.6. The van der Waals surface area contributed by atoms with Crippen LogP contribution in [-0.2, 0) is 6.54 Å². The highest BCUT2D eigenvalue weighted by molar-refractivity contribution is 6.13. The number of ether oxygens (including phenoxy) is 1. The second-order valence-corrected chi connectivity index (χ2v) is 4.44. The van der Waals surface area contributed by atoms with Crippen LogP contribution in [0.4, 0.5) is 11.4 Å². The summed E-state index contributed by atoms with van der Waals surface area (Å²) in [6.07, 6.45) is 0. The number of fused-ring (bicyclic) bond motifs is 1. The summed E-state index contributed by atoms with van der Waals surface area (Å²) in [5.41, 5.74) is 8.75. The van der Waals surface area contributed by atoms with Crippen LogP contribution in [0.3, 0.4) is 0 Å². The van der Waals surface area contributed by atoms with Gasteiger partial charge in [0.1, 0.15) is 5.75 Å². The van der Waals surface area contributed by atoms with Gasteiger partial charge in [0.05, 0.1) is 24.9 Å². The monoisotopic (exact) mass is 254 g/mol. The van der Waals surface area contributed by atoms with Gasteiger partial charge in [-0.05, 0) is 23.8 Å². The van der Waals surface area contributed by atoms with Crippen LogP contribution < -0.4 is 15.4 Å². The molecular formula is C15H14N2O2. The van der Waals surface area contributed by atoms with Gasteiger partial charge < -0.3 is 15.4 Å². The number of nitrogens with two attached hydrogens (primary N) is 1. The van der Waals surface area contributed by atoms with E-state index in [1.807, 2.05) is 36.4 Å². The Morgan fingerprint density at radius 2 is 1.95 bits per heavy atom. The van der Waals surface area contributed by atoms with E-state index in [1.54, 1.807) is 18.1 Å². The molecule has 96 valence electrons. The molecule has 0 radical (unpaired) electrons. The fourth-order valence-electron chi connectivity index (χ4n) is 2.44. The Balaban J connectivity index is 2.07. The minimum absolute atomic E-state index is 0.0717. The molecule has 4 nitrogen and oxygen atoms in total. The first-order valence-corrected chi connectivity index (χ1v) is 6.04. The van der Waals surface area contributed by atoms with E-state index in [2.05, 4.69) is 0 Å². The number of amides is 1. The summed E-state index contributed by atoms with van der Waals surface area (Å²) in [5, 5.41) is 0. The Hall–Kier alpha value is -2.49. The van der Waals surface area contributed by atoms with Crippen LogP contribution in [0.2, 0.25) is 0 Å². The van der Waals surface area contributed by atoms with Gasteiger partial charge in [0.25, 0.3) is 5.91 Å². The topological polar surface area (TPSA) is 55.6 Å². The minimum Gasteiger partial charge on any atom is -0.495 e. The van der Waals surface area contributed by atoms with Gasteiger partial charge in [-0.25, -0.2) is 0 Å². The fraction of sp³-hybridized carbons (Fsp3) is 0.133. The van der Waals surface area contributed by atoms with Crippen LogP contribution in [0.5, 0.6) is 5.75 Å². The standard InChI is InChI=1S/C15H14N2O2/c1-19-13-8-3-2-7-12(13)17-9-10-5-4-6-11(16)14(10)15(17)18/h2-8H,9,16H2,1H3. The number of para-hydroxylation sites is 2. The number of carbonyl (C=O) groups is 1. The van der Waals surface area contributed by atoms with E-state index in [1.165, 1.54) is 0 Å². The summed E-state index contributed by atoms with van der Waals surface area (Å²) in [6.45, 7) is 0.527. The summed E-state index contributed by atoms with van der Waals surface area (Å²) in [7, 11) is 1.60. The lowest BCUT2D eigenvalue weighted by Crippen LogP contribution is -2.23. The van der Waals surface area contributed by atoms with Gasteiger partial charge >= 0.3 is 0 Å². The van der Waals surface area contributed by atoms with Crippen LogP contribution in [0.1, 0.15) is 15.9 Å². The minimum atomic E-state index is -0.0717. The van der Waals surface area contributed by atoms with Gasteiger partial charge in [0.2, 0.25) is 0 Å². The lowest BCUT2D eigenvalue weighted by molar-refractivity contribution is 0.0996. The van der Waals surface area contributed by atoms with Crippen LogP contribution in [0.15, 0.2) is 42.5 Å². The summed E-state index contributed by atoms with van der Waals surface area (Å²) in [4.78, 5) is 14.2. The fourth-order valence-corrected chi connectivity index (χ4v) is 2.44. The van der Waals surface area contributed by atoms with Crippen molar-refractivity contribution in [1.82, 2.24) is 0 Å². The quantitative estimate of drug-likeness (QED) is 0.837. The molecule has 1 heterocycles. The Morgan fingerprint density at radius 1 is 1.16 bits per heavy atom. The molecule has 0 fully saturated rings. The molecule has 0 bridgehead atoms. The summed E-state index contributed by atoms with van der Waals surface area (Å²) >= 11 is 0. The highest BCUT2D eigenvalue weighted by Crippen LogP contribution is 2.36. The van der Waals surface area contributed by atoms with Gasteiger partial charge in [-0.15, -0.1) is 0 Å². The molecule has 0 aliphatic carbocycles. The van der Waals surface area contributed by atoms with Gasteiger partial charge in [0.15, 0.2) is 0 Å². The molecule has 1 aliphatic heterocycles. The molecule has 0 aromatic heterocycles. The summed E-state index contributed by atoms with van der Waals surface area (Å²) in [6, 6.07) is 13.0. The number of nitrogen functional groups attached to an aromatic ring is 1. The molecule has 0 saturated carbocycles. The average molecular weight is 254 g/mol. The van der Waals surface area contributed by atoms with E-state index in [0.29, 0.717) is 23.5 Å². The number of hydrogen-bond donors (Lipinski definition) is 1. The average Bonchev–Trinajstić information content (AvgIpc) is 2.77. The first kappa shape index (κ1) is 11.6. The van der Waals surface area contributed by atoms with E-state index >= 15 is 0 Å². The molecule has 0 saturated heterocycles. The van der Waals surface area contributed by atoms with Crippen LogP contribution >= 0.6 is 0 Å². The van der Waals surface area contributed by atoms with Gasteiger partial charge in [-0.2, -0.15) is 0 Å². The molecule has 4 heteroatoms. The van der Waals surface area contributed by atoms with Crippen molar-refractivity contribution < 1.29 is 9.53 Å². The van der Waals surface area contributed by atoms with Crippen LogP contribution in [-0.4, -0.2) is 13.0 Å². The van der Waals surface area contributed by atoms with Crippen molar-refractivity contribution in [2.75, 3.05) is 17.7 Å². The Labute approximate surface area is 111 Å². The Morgan fingerprint density at radius 3 is 2.68 bits per heavy atom. The van der Waals surface area contributed by atoms with Crippen molar-refractivity contribution in [3.8, 4) is 5.75 Å². The molecule has 0 unspecified atom stereocenters. The SMILES string of the molecule is COc1ccccc1N1Cc2cccc(N)c2C1=O. The number of benzene rings is 2.